The molecule has 5 aliphatic rings. The second kappa shape index (κ2) is 9.77. The van der Waals surface area contributed by atoms with Gasteiger partial charge in [-0.3, -0.25) is 4.79 Å². The van der Waals surface area contributed by atoms with Crippen LogP contribution in [0.25, 0.3) is 0 Å². The van der Waals surface area contributed by atoms with E-state index in [0.29, 0.717) is 35.4 Å². The molecule has 9 heteroatoms. The van der Waals surface area contributed by atoms with Crippen LogP contribution in [0.15, 0.2) is 0 Å². The number of aliphatic carboxylic acids is 1. The summed E-state index contributed by atoms with van der Waals surface area (Å²) < 4.78 is 11.2. The van der Waals surface area contributed by atoms with E-state index in [9.17, 15) is 30.0 Å². The van der Waals surface area contributed by atoms with Gasteiger partial charge in [-0.15, -0.1) is 0 Å². The zero-order valence-corrected chi connectivity index (χ0v) is 21.6. The van der Waals surface area contributed by atoms with Crippen LogP contribution in [-0.4, -0.2) is 63.9 Å². The number of carboxylic acids is 1. The summed E-state index contributed by atoms with van der Waals surface area (Å²) in [7, 11) is 0. The number of carboxylic acid groups (broad SMARTS) is 1. The molecule has 0 aromatic carbocycles. The summed E-state index contributed by atoms with van der Waals surface area (Å²) >= 11 is 0. The Kier molecular flexibility index (Phi) is 7.70. The maximum Gasteiger partial charge on any atom is 1.00 e. The Morgan fingerprint density at radius 3 is 2.45 bits per heavy atom. The van der Waals surface area contributed by atoms with Crippen LogP contribution in [0.3, 0.4) is 0 Å². The number of hydrogen-bond acceptors (Lipinski definition) is 8. The average molecular weight is 475 g/mol. The van der Waals surface area contributed by atoms with Crippen LogP contribution < -0.4 is 34.7 Å². The van der Waals surface area contributed by atoms with Gasteiger partial charge in [-0.25, -0.2) is 0 Å². The molecule has 1 heterocycles. The van der Waals surface area contributed by atoms with Crippen molar-refractivity contribution in [3.05, 3.63) is 0 Å². The maximum absolute atomic E-state index is 12.5. The number of aliphatic hydroxyl groups excluding tert-OH is 3. The molecule has 5 rings (SSSR count). The third-order valence-corrected chi connectivity index (χ3v) is 9.74. The first-order chi connectivity index (χ1) is 15.2. The molecule has 33 heavy (non-hydrogen) atoms. The monoisotopic (exact) mass is 474 g/mol. The predicted octanol–water partition coefficient (Wildman–Crippen LogP) is -2.85. The third kappa shape index (κ3) is 4.37. The topological polar surface area (TPSA) is 136 Å². The quantitative estimate of drug-likeness (QED) is 0.294. The molecule has 12 atom stereocenters. The largest absolute Gasteiger partial charge is 1.00 e. The number of aliphatic hydroxyl groups is 3. The van der Waals surface area contributed by atoms with E-state index in [4.69, 9.17) is 9.47 Å². The Bertz CT molecular complexity index is 763. The fraction of sp³-hybridized carbons (Fsp3) is 0.917. The van der Waals surface area contributed by atoms with Gasteiger partial charge in [0.1, 0.15) is 30.2 Å². The van der Waals surface area contributed by atoms with Crippen LogP contribution in [0.5, 0.6) is 0 Å². The molecule has 0 aromatic rings. The van der Waals surface area contributed by atoms with Crippen molar-refractivity contribution in [3.63, 3.8) is 0 Å². The summed E-state index contributed by atoms with van der Waals surface area (Å²) in [4.78, 5) is 23.8. The van der Waals surface area contributed by atoms with Crippen molar-refractivity contribution in [2.45, 2.75) is 102 Å². The van der Waals surface area contributed by atoms with Crippen LogP contribution in [0, 0.1) is 35.0 Å². The van der Waals surface area contributed by atoms with E-state index in [0.717, 1.165) is 57.8 Å². The predicted molar refractivity (Wildman–Crippen MR) is 109 cm³/mol. The van der Waals surface area contributed by atoms with E-state index in [2.05, 4.69) is 6.92 Å². The van der Waals surface area contributed by atoms with Crippen molar-refractivity contribution < 1.29 is 69.0 Å². The summed E-state index contributed by atoms with van der Waals surface area (Å²) in [5.41, 5.74) is -0.107. The second-order valence-electron chi connectivity index (χ2n) is 11.1. The van der Waals surface area contributed by atoms with Gasteiger partial charge in [-0.05, 0) is 81.0 Å². The van der Waals surface area contributed by atoms with Crippen molar-refractivity contribution in [2.24, 2.45) is 35.0 Å². The van der Waals surface area contributed by atoms with Gasteiger partial charge in [0.25, 0.3) is 0 Å². The molecule has 4 aliphatic carbocycles. The molecule has 180 valence electrons. The molecule has 8 nitrogen and oxygen atoms in total. The Hall–Kier alpha value is -0.0600. The summed E-state index contributed by atoms with van der Waals surface area (Å²) in [5, 5.41) is 41.3. The van der Waals surface area contributed by atoms with Crippen LogP contribution in [-0.2, 0) is 19.1 Å². The van der Waals surface area contributed by atoms with Crippen molar-refractivity contribution in [2.75, 3.05) is 0 Å². The van der Waals surface area contributed by atoms with Crippen molar-refractivity contribution in [3.8, 4) is 0 Å². The Balaban J connectivity index is 0.00000259. The standard InChI is InChI=1S/C24H36O8.Na/c1-24-9-8-14-13-5-3-12(10-11(13)2-4-15(14)16(24)6-7-17(24)25)31-23-20(28)18(26)19(27)21(32-23)22(29)30;/h11-16,18-21,23,26-28H,2-10H2,1H3,(H,29,30);/q;+1/p-1/t11-,12-,13+,14?,15?,16?,18-,19+,20?,21?,23-,24+;/m1./s1. The van der Waals surface area contributed by atoms with Crippen LogP contribution in [0.1, 0.15) is 64.7 Å². The van der Waals surface area contributed by atoms with Gasteiger partial charge in [0, 0.05) is 11.8 Å². The molecule has 1 aliphatic heterocycles. The molecule has 5 unspecified atom stereocenters. The Labute approximate surface area is 216 Å². The van der Waals surface area contributed by atoms with E-state index in [1.807, 2.05) is 0 Å². The van der Waals surface area contributed by atoms with Crippen molar-refractivity contribution >= 4 is 11.8 Å². The maximum atomic E-state index is 12.5. The SMILES string of the molecule is C[C@]12CCC3C(CC[C@@H]4C[C@H](O[C@@H]5OC(C(=O)[O-])[C@@H](O)[C@@H](O)C5O)CC[C@H]34)C1CCC2=O.[Na+]. The zero-order valence-electron chi connectivity index (χ0n) is 19.6. The number of rotatable bonds is 3. The molecule has 1 saturated heterocycles. The Morgan fingerprint density at radius 2 is 1.73 bits per heavy atom. The van der Waals surface area contributed by atoms with Gasteiger partial charge in [0.05, 0.1) is 12.1 Å². The van der Waals surface area contributed by atoms with Crippen molar-refractivity contribution in [1.82, 2.24) is 0 Å². The van der Waals surface area contributed by atoms with Gasteiger partial charge in [0.2, 0.25) is 0 Å². The minimum Gasteiger partial charge on any atom is -0.547 e. The average Bonchev–Trinajstić information content (AvgIpc) is 3.08. The molecular weight excluding hydrogens is 439 g/mol. The molecule has 4 saturated carbocycles. The number of carbonyl (C=O) groups excluding carboxylic acids is 2. The summed E-state index contributed by atoms with van der Waals surface area (Å²) in [6.07, 6.45) is 0.564. The van der Waals surface area contributed by atoms with Gasteiger partial charge < -0.3 is 34.7 Å². The molecule has 0 spiro atoms. The second-order valence-corrected chi connectivity index (χ2v) is 11.1. The summed E-state index contributed by atoms with van der Waals surface area (Å²) in [6, 6.07) is 0. The minimum atomic E-state index is -1.76. The number of carbonyl (C=O) groups is 2. The number of ketones is 1. The molecule has 0 radical (unpaired) electrons. The smallest absolute Gasteiger partial charge is 0.547 e. The van der Waals surface area contributed by atoms with Gasteiger partial charge in [-0.1, -0.05) is 6.92 Å². The molecule has 5 fully saturated rings. The van der Waals surface area contributed by atoms with Crippen molar-refractivity contribution in [1.29, 1.82) is 0 Å². The van der Waals surface area contributed by atoms with E-state index in [1.165, 1.54) is 0 Å². The van der Waals surface area contributed by atoms with E-state index in [-0.39, 0.29) is 41.1 Å². The number of fused-ring (bicyclic) bond motifs is 5. The van der Waals surface area contributed by atoms with E-state index >= 15 is 0 Å². The Morgan fingerprint density at radius 1 is 1.00 bits per heavy atom. The fourth-order valence-electron chi connectivity index (χ4n) is 8.05. The first kappa shape index (κ1) is 26.0. The molecule has 0 amide bonds. The number of Topliss-reactive ketones (excluding diaryl/α,β-unsaturated/α-hetero) is 1. The van der Waals surface area contributed by atoms with Gasteiger partial charge in [-0.2, -0.15) is 0 Å². The normalized spacial score (nSPS) is 51.6. The van der Waals surface area contributed by atoms with E-state index < -0.39 is 36.7 Å². The van der Waals surface area contributed by atoms with E-state index in [1.54, 1.807) is 0 Å². The summed E-state index contributed by atoms with van der Waals surface area (Å²) in [5.74, 6) is 1.78. The minimum absolute atomic E-state index is 0. The number of hydrogen-bond donors (Lipinski definition) is 3. The molecule has 0 aromatic heterocycles. The van der Waals surface area contributed by atoms with Crippen LogP contribution >= 0.6 is 0 Å². The number of ether oxygens (including phenoxy) is 2. The molecular formula is C24H35NaO8. The van der Waals surface area contributed by atoms with Gasteiger partial charge >= 0.3 is 29.6 Å². The molecule has 0 bridgehead atoms. The fourth-order valence-corrected chi connectivity index (χ4v) is 8.05. The van der Waals surface area contributed by atoms with Crippen LogP contribution in [0.2, 0.25) is 0 Å². The molecule has 3 N–H and O–H groups in total. The zero-order chi connectivity index (χ0) is 22.8. The van der Waals surface area contributed by atoms with Crippen LogP contribution in [0.4, 0.5) is 0 Å². The van der Waals surface area contributed by atoms with Gasteiger partial charge in [0.15, 0.2) is 6.29 Å². The third-order valence-electron chi connectivity index (χ3n) is 9.74. The first-order valence-corrected chi connectivity index (χ1v) is 12.3. The summed E-state index contributed by atoms with van der Waals surface area (Å²) in [6.45, 7) is 2.20. The first-order valence-electron chi connectivity index (χ1n) is 12.3.